The summed E-state index contributed by atoms with van der Waals surface area (Å²) in [6.07, 6.45) is 3.28. The van der Waals surface area contributed by atoms with Gasteiger partial charge in [0.15, 0.2) is 6.29 Å². The highest BCUT2D eigenvalue weighted by Gasteiger charge is 2.03. The van der Waals surface area contributed by atoms with Crippen molar-refractivity contribution in [3.8, 4) is 0 Å². The number of hydrogen-bond acceptors (Lipinski definition) is 2. The van der Waals surface area contributed by atoms with Crippen molar-refractivity contribution in [2.24, 2.45) is 7.05 Å². The quantitative estimate of drug-likeness (QED) is 0.566. The maximum absolute atomic E-state index is 10.3. The molecule has 0 amide bonds. The second-order valence-electron chi connectivity index (χ2n) is 2.14. The molecule has 0 saturated carbocycles. The van der Waals surface area contributed by atoms with Crippen molar-refractivity contribution in [3.63, 3.8) is 0 Å². The van der Waals surface area contributed by atoms with E-state index in [-0.39, 0.29) is 0 Å². The standard InChI is InChI=1S/C7H10N2O/c1-3-7-6(5-10)4-8-9(7)2/h4-5H,3H2,1-2H3. The van der Waals surface area contributed by atoms with E-state index in [0.717, 1.165) is 18.4 Å². The Kier molecular flexibility index (Phi) is 1.85. The van der Waals surface area contributed by atoms with Gasteiger partial charge in [-0.3, -0.25) is 9.48 Å². The first-order chi connectivity index (χ1) is 4.79. The molecule has 0 aliphatic carbocycles. The van der Waals surface area contributed by atoms with Crippen LogP contribution in [-0.2, 0) is 13.5 Å². The zero-order valence-corrected chi connectivity index (χ0v) is 6.16. The summed E-state index contributed by atoms with van der Waals surface area (Å²) in [6, 6.07) is 0. The number of carbonyl (C=O) groups is 1. The molecule has 0 bridgehead atoms. The average molecular weight is 138 g/mol. The minimum Gasteiger partial charge on any atom is -0.298 e. The van der Waals surface area contributed by atoms with E-state index in [9.17, 15) is 4.79 Å². The van der Waals surface area contributed by atoms with Gasteiger partial charge in [-0.25, -0.2) is 0 Å². The first-order valence-corrected chi connectivity index (χ1v) is 3.25. The number of rotatable bonds is 2. The lowest BCUT2D eigenvalue weighted by atomic mass is 10.2. The first kappa shape index (κ1) is 6.99. The average Bonchev–Trinajstić information content (AvgIpc) is 2.30. The van der Waals surface area contributed by atoms with Gasteiger partial charge in [-0.1, -0.05) is 6.92 Å². The third-order valence-corrected chi connectivity index (χ3v) is 1.56. The van der Waals surface area contributed by atoms with Crippen molar-refractivity contribution < 1.29 is 4.79 Å². The summed E-state index contributed by atoms with van der Waals surface area (Å²) in [5.41, 5.74) is 1.69. The Labute approximate surface area is 59.7 Å². The Hall–Kier alpha value is -1.12. The molecule has 0 saturated heterocycles. The molecule has 1 aromatic rings. The van der Waals surface area contributed by atoms with Gasteiger partial charge in [-0.15, -0.1) is 0 Å². The third kappa shape index (κ3) is 0.943. The van der Waals surface area contributed by atoms with Crippen LogP contribution in [0.1, 0.15) is 23.0 Å². The second kappa shape index (κ2) is 2.64. The van der Waals surface area contributed by atoms with E-state index in [2.05, 4.69) is 5.10 Å². The summed E-state index contributed by atoms with van der Waals surface area (Å²) in [5.74, 6) is 0. The monoisotopic (exact) mass is 138 g/mol. The van der Waals surface area contributed by atoms with Crippen LogP contribution in [0, 0.1) is 0 Å². The van der Waals surface area contributed by atoms with Crippen LogP contribution in [0.25, 0.3) is 0 Å². The van der Waals surface area contributed by atoms with Crippen LogP contribution in [0.5, 0.6) is 0 Å². The number of aromatic nitrogens is 2. The highest BCUT2D eigenvalue weighted by Crippen LogP contribution is 2.03. The van der Waals surface area contributed by atoms with Crippen LogP contribution in [0.4, 0.5) is 0 Å². The summed E-state index contributed by atoms with van der Waals surface area (Å²) in [6.45, 7) is 2.00. The molecular weight excluding hydrogens is 128 g/mol. The smallest absolute Gasteiger partial charge is 0.153 e. The Morgan fingerprint density at radius 1 is 1.80 bits per heavy atom. The molecule has 0 fully saturated rings. The number of nitrogens with zero attached hydrogens (tertiary/aromatic N) is 2. The fourth-order valence-electron chi connectivity index (χ4n) is 1.01. The molecule has 0 aromatic carbocycles. The SMILES string of the molecule is CCc1c(C=O)cnn1C. The molecular formula is C7H10N2O. The van der Waals surface area contributed by atoms with Gasteiger partial charge < -0.3 is 0 Å². The van der Waals surface area contributed by atoms with Crippen molar-refractivity contribution in [1.82, 2.24) is 9.78 Å². The van der Waals surface area contributed by atoms with Crippen LogP contribution < -0.4 is 0 Å². The molecule has 3 heteroatoms. The fourth-order valence-corrected chi connectivity index (χ4v) is 1.01. The first-order valence-electron chi connectivity index (χ1n) is 3.25. The highest BCUT2D eigenvalue weighted by atomic mass is 16.1. The Balaban J connectivity index is 3.12. The van der Waals surface area contributed by atoms with Crippen molar-refractivity contribution in [1.29, 1.82) is 0 Å². The van der Waals surface area contributed by atoms with Crippen molar-refractivity contribution >= 4 is 6.29 Å². The van der Waals surface area contributed by atoms with Crippen molar-refractivity contribution in [2.45, 2.75) is 13.3 Å². The van der Waals surface area contributed by atoms with Crippen LogP contribution >= 0.6 is 0 Å². The molecule has 54 valence electrons. The molecule has 0 spiro atoms. The van der Waals surface area contributed by atoms with Crippen LogP contribution in [-0.4, -0.2) is 16.1 Å². The maximum atomic E-state index is 10.3. The summed E-state index contributed by atoms with van der Waals surface area (Å²) in [7, 11) is 1.84. The summed E-state index contributed by atoms with van der Waals surface area (Å²) >= 11 is 0. The Bertz CT molecular complexity index is 240. The maximum Gasteiger partial charge on any atom is 0.153 e. The minimum absolute atomic E-state index is 0.699. The summed E-state index contributed by atoms with van der Waals surface area (Å²) in [4.78, 5) is 10.3. The van der Waals surface area contributed by atoms with E-state index in [1.165, 1.54) is 0 Å². The topological polar surface area (TPSA) is 34.9 Å². The van der Waals surface area contributed by atoms with Gasteiger partial charge in [0.25, 0.3) is 0 Å². The van der Waals surface area contributed by atoms with E-state index in [4.69, 9.17) is 0 Å². The van der Waals surface area contributed by atoms with Crippen LogP contribution in [0.2, 0.25) is 0 Å². The molecule has 0 unspecified atom stereocenters. The van der Waals surface area contributed by atoms with Gasteiger partial charge in [0.2, 0.25) is 0 Å². The number of hydrogen-bond donors (Lipinski definition) is 0. The zero-order valence-electron chi connectivity index (χ0n) is 6.16. The number of aryl methyl sites for hydroxylation is 1. The number of carbonyl (C=O) groups excluding carboxylic acids is 1. The van der Waals surface area contributed by atoms with E-state index >= 15 is 0 Å². The van der Waals surface area contributed by atoms with E-state index in [0.29, 0.717) is 5.56 Å². The molecule has 0 radical (unpaired) electrons. The third-order valence-electron chi connectivity index (χ3n) is 1.56. The molecule has 0 aliphatic rings. The van der Waals surface area contributed by atoms with Gasteiger partial charge in [0.05, 0.1) is 11.8 Å². The lowest BCUT2D eigenvalue weighted by Crippen LogP contribution is -1.97. The number of aldehydes is 1. The Morgan fingerprint density at radius 2 is 2.50 bits per heavy atom. The normalized spacial score (nSPS) is 9.80. The molecule has 0 N–H and O–H groups in total. The van der Waals surface area contributed by atoms with Crippen molar-refractivity contribution in [2.75, 3.05) is 0 Å². The van der Waals surface area contributed by atoms with E-state index in [1.807, 2.05) is 14.0 Å². The lowest BCUT2D eigenvalue weighted by molar-refractivity contribution is 0.112. The largest absolute Gasteiger partial charge is 0.298 e. The molecule has 0 atom stereocenters. The van der Waals surface area contributed by atoms with Crippen LogP contribution in [0.3, 0.4) is 0 Å². The molecule has 1 rings (SSSR count). The van der Waals surface area contributed by atoms with E-state index < -0.39 is 0 Å². The van der Waals surface area contributed by atoms with Gasteiger partial charge in [0, 0.05) is 12.7 Å². The van der Waals surface area contributed by atoms with Gasteiger partial charge in [0.1, 0.15) is 0 Å². The predicted molar refractivity (Wildman–Crippen MR) is 38.0 cm³/mol. The predicted octanol–water partition coefficient (Wildman–Crippen LogP) is 0.795. The molecule has 1 aromatic heterocycles. The summed E-state index contributed by atoms with van der Waals surface area (Å²) in [5, 5.41) is 3.94. The van der Waals surface area contributed by atoms with Crippen molar-refractivity contribution in [3.05, 3.63) is 17.5 Å². The summed E-state index contributed by atoms with van der Waals surface area (Å²) < 4.78 is 1.73. The van der Waals surface area contributed by atoms with Crippen LogP contribution in [0.15, 0.2) is 6.20 Å². The highest BCUT2D eigenvalue weighted by molar-refractivity contribution is 5.75. The lowest BCUT2D eigenvalue weighted by Gasteiger charge is -1.95. The molecule has 1 heterocycles. The molecule has 10 heavy (non-hydrogen) atoms. The minimum atomic E-state index is 0.699. The van der Waals surface area contributed by atoms with Gasteiger partial charge in [-0.2, -0.15) is 5.10 Å². The van der Waals surface area contributed by atoms with Gasteiger partial charge in [-0.05, 0) is 6.42 Å². The molecule has 3 nitrogen and oxygen atoms in total. The Morgan fingerprint density at radius 3 is 2.90 bits per heavy atom. The van der Waals surface area contributed by atoms with E-state index in [1.54, 1.807) is 10.9 Å². The fraction of sp³-hybridized carbons (Fsp3) is 0.429. The van der Waals surface area contributed by atoms with Gasteiger partial charge >= 0.3 is 0 Å². The second-order valence-corrected chi connectivity index (χ2v) is 2.14. The molecule has 0 aliphatic heterocycles. The zero-order chi connectivity index (χ0) is 7.56.